The van der Waals surface area contributed by atoms with Crippen molar-refractivity contribution in [3.63, 3.8) is 0 Å². The topological polar surface area (TPSA) is 62.5 Å². The van der Waals surface area contributed by atoms with E-state index in [1.807, 2.05) is 37.4 Å². The van der Waals surface area contributed by atoms with E-state index >= 15 is 0 Å². The van der Waals surface area contributed by atoms with Gasteiger partial charge in [0.2, 0.25) is 17.6 Å². The molecule has 2 aromatic carbocycles. The second-order valence-electron chi connectivity index (χ2n) is 8.11. The van der Waals surface area contributed by atoms with Crippen LogP contribution in [0.4, 0.5) is 0 Å². The molecule has 0 radical (unpaired) electrons. The van der Waals surface area contributed by atoms with E-state index in [1.165, 1.54) is 11.1 Å². The van der Waals surface area contributed by atoms with Gasteiger partial charge in [-0.3, -0.25) is 9.69 Å². The Morgan fingerprint density at radius 3 is 2.63 bits per heavy atom. The van der Waals surface area contributed by atoms with Crippen LogP contribution in [0.5, 0.6) is 0 Å². The summed E-state index contributed by atoms with van der Waals surface area (Å²) in [5.41, 5.74) is 3.53. The summed E-state index contributed by atoms with van der Waals surface area (Å²) in [4.78, 5) is 21.5. The fourth-order valence-corrected chi connectivity index (χ4v) is 4.02. The Morgan fingerprint density at radius 2 is 1.90 bits per heavy atom. The molecule has 0 unspecified atom stereocenters. The van der Waals surface area contributed by atoms with Crippen molar-refractivity contribution >= 4 is 5.91 Å². The smallest absolute Gasteiger partial charge is 0.246 e. The van der Waals surface area contributed by atoms with E-state index in [9.17, 15) is 4.79 Å². The minimum Gasteiger partial charge on any atom is -0.337 e. The lowest BCUT2D eigenvalue weighted by Gasteiger charge is -2.33. The number of amides is 1. The maximum Gasteiger partial charge on any atom is 0.246 e. The quantitative estimate of drug-likeness (QED) is 0.623. The molecule has 6 heteroatoms. The summed E-state index contributed by atoms with van der Waals surface area (Å²) in [5.74, 6) is 1.22. The van der Waals surface area contributed by atoms with Gasteiger partial charge < -0.3 is 9.42 Å². The number of likely N-dealkylation sites (tertiary alicyclic amines) is 1. The SMILES string of the molecule is Cc1cccc(CN2CCC(C(=O)N(C)Cc3nc(-c4ccccc4)no3)CC2)c1. The predicted molar refractivity (Wildman–Crippen MR) is 115 cm³/mol. The molecule has 1 fully saturated rings. The fourth-order valence-electron chi connectivity index (χ4n) is 4.02. The first-order chi connectivity index (χ1) is 14.6. The molecule has 1 amide bonds. The van der Waals surface area contributed by atoms with Crippen LogP contribution >= 0.6 is 0 Å². The number of nitrogens with zero attached hydrogens (tertiary/aromatic N) is 4. The van der Waals surface area contributed by atoms with Crippen LogP contribution in [0, 0.1) is 12.8 Å². The standard InChI is InChI=1S/C24H28N4O2/c1-18-7-6-8-19(15-18)16-28-13-11-21(12-14-28)24(29)27(2)17-22-25-23(26-30-22)20-9-4-3-5-10-20/h3-10,15,21H,11-14,16-17H2,1-2H3. The zero-order valence-corrected chi connectivity index (χ0v) is 17.6. The number of piperidine rings is 1. The Hall–Kier alpha value is -2.99. The third-order valence-corrected chi connectivity index (χ3v) is 5.67. The summed E-state index contributed by atoms with van der Waals surface area (Å²) < 4.78 is 5.36. The number of carbonyl (C=O) groups is 1. The van der Waals surface area contributed by atoms with Crippen LogP contribution in [-0.4, -0.2) is 46.0 Å². The van der Waals surface area contributed by atoms with E-state index < -0.39 is 0 Å². The van der Waals surface area contributed by atoms with E-state index in [0.29, 0.717) is 18.3 Å². The van der Waals surface area contributed by atoms with Gasteiger partial charge in [-0.05, 0) is 38.4 Å². The highest BCUT2D eigenvalue weighted by Gasteiger charge is 2.28. The van der Waals surface area contributed by atoms with Crippen molar-refractivity contribution in [1.82, 2.24) is 19.9 Å². The summed E-state index contributed by atoms with van der Waals surface area (Å²) in [6, 6.07) is 18.3. The lowest BCUT2D eigenvalue weighted by molar-refractivity contribution is -0.136. The molecular weight excluding hydrogens is 376 g/mol. The fraction of sp³-hybridized carbons (Fsp3) is 0.375. The van der Waals surface area contributed by atoms with Crippen molar-refractivity contribution in [1.29, 1.82) is 0 Å². The Kier molecular flexibility index (Phi) is 6.23. The zero-order chi connectivity index (χ0) is 20.9. The first-order valence-corrected chi connectivity index (χ1v) is 10.5. The van der Waals surface area contributed by atoms with E-state index in [-0.39, 0.29) is 11.8 Å². The average Bonchev–Trinajstić information content (AvgIpc) is 3.23. The van der Waals surface area contributed by atoms with Crippen LogP contribution in [-0.2, 0) is 17.9 Å². The molecule has 2 heterocycles. The van der Waals surface area contributed by atoms with E-state index in [2.05, 4.69) is 46.2 Å². The van der Waals surface area contributed by atoms with Crippen LogP contribution < -0.4 is 0 Å². The number of hydrogen-bond donors (Lipinski definition) is 0. The number of carbonyl (C=O) groups excluding carboxylic acids is 1. The average molecular weight is 405 g/mol. The van der Waals surface area contributed by atoms with Crippen molar-refractivity contribution < 1.29 is 9.32 Å². The molecule has 0 spiro atoms. The second kappa shape index (κ2) is 9.22. The van der Waals surface area contributed by atoms with Gasteiger partial charge in [-0.2, -0.15) is 4.98 Å². The minimum atomic E-state index is 0.0558. The van der Waals surface area contributed by atoms with Gasteiger partial charge >= 0.3 is 0 Å². The Balaban J connectivity index is 1.28. The zero-order valence-electron chi connectivity index (χ0n) is 17.6. The van der Waals surface area contributed by atoms with Gasteiger partial charge in [-0.25, -0.2) is 0 Å². The Labute approximate surface area is 177 Å². The summed E-state index contributed by atoms with van der Waals surface area (Å²) >= 11 is 0. The summed E-state index contributed by atoms with van der Waals surface area (Å²) in [6.45, 7) is 5.29. The molecule has 0 bridgehead atoms. The van der Waals surface area contributed by atoms with Crippen molar-refractivity contribution in [3.05, 3.63) is 71.6 Å². The van der Waals surface area contributed by atoms with E-state index in [1.54, 1.807) is 4.90 Å². The lowest BCUT2D eigenvalue weighted by atomic mass is 9.95. The molecule has 0 N–H and O–H groups in total. The van der Waals surface area contributed by atoms with Gasteiger partial charge in [0, 0.05) is 25.1 Å². The van der Waals surface area contributed by atoms with Crippen molar-refractivity contribution in [3.8, 4) is 11.4 Å². The Bertz CT molecular complexity index is 978. The number of hydrogen-bond acceptors (Lipinski definition) is 5. The van der Waals surface area contributed by atoms with E-state index in [4.69, 9.17) is 4.52 Å². The monoisotopic (exact) mass is 404 g/mol. The highest BCUT2D eigenvalue weighted by atomic mass is 16.5. The molecule has 0 aliphatic carbocycles. The highest BCUT2D eigenvalue weighted by Crippen LogP contribution is 2.22. The first kappa shape index (κ1) is 20.3. The van der Waals surface area contributed by atoms with Crippen LogP contribution in [0.1, 0.15) is 29.9 Å². The molecule has 156 valence electrons. The molecule has 0 saturated carbocycles. The molecule has 0 atom stereocenters. The molecule has 1 aromatic heterocycles. The van der Waals surface area contributed by atoms with Gasteiger partial charge in [0.15, 0.2) is 0 Å². The maximum atomic E-state index is 12.9. The molecule has 1 aliphatic heterocycles. The minimum absolute atomic E-state index is 0.0558. The van der Waals surface area contributed by atoms with Crippen molar-refractivity contribution in [2.24, 2.45) is 5.92 Å². The van der Waals surface area contributed by atoms with Crippen LogP contribution in [0.3, 0.4) is 0 Å². The Morgan fingerprint density at radius 1 is 1.13 bits per heavy atom. The molecule has 30 heavy (non-hydrogen) atoms. The van der Waals surface area contributed by atoms with Crippen LogP contribution in [0.15, 0.2) is 59.1 Å². The normalized spacial score (nSPS) is 15.3. The van der Waals surface area contributed by atoms with Crippen molar-refractivity contribution in [2.45, 2.75) is 32.9 Å². The largest absolute Gasteiger partial charge is 0.337 e. The number of rotatable bonds is 6. The van der Waals surface area contributed by atoms with Gasteiger partial charge in [-0.15, -0.1) is 0 Å². The third-order valence-electron chi connectivity index (χ3n) is 5.67. The second-order valence-corrected chi connectivity index (χ2v) is 8.11. The highest BCUT2D eigenvalue weighted by molar-refractivity contribution is 5.78. The van der Waals surface area contributed by atoms with Crippen LogP contribution in [0.25, 0.3) is 11.4 Å². The predicted octanol–water partition coefficient (Wildman–Crippen LogP) is 3.92. The number of aryl methyl sites for hydroxylation is 1. The van der Waals surface area contributed by atoms with E-state index in [0.717, 1.165) is 38.0 Å². The first-order valence-electron chi connectivity index (χ1n) is 10.5. The molecular formula is C24H28N4O2. The molecule has 3 aromatic rings. The maximum absolute atomic E-state index is 12.9. The van der Waals surface area contributed by atoms with Crippen LogP contribution in [0.2, 0.25) is 0 Å². The molecule has 1 aliphatic rings. The van der Waals surface area contributed by atoms with Gasteiger partial charge in [0.05, 0.1) is 6.54 Å². The molecule has 6 nitrogen and oxygen atoms in total. The van der Waals surface area contributed by atoms with Gasteiger partial charge in [-0.1, -0.05) is 65.3 Å². The number of benzene rings is 2. The van der Waals surface area contributed by atoms with Crippen molar-refractivity contribution in [2.75, 3.05) is 20.1 Å². The molecule has 1 saturated heterocycles. The summed E-state index contributed by atoms with van der Waals surface area (Å²) in [5, 5.41) is 4.04. The third kappa shape index (κ3) is 4.94. The summed E-state index contributed by atoms with van der Waals surface area (Å²) in [7, 11) is 1.81. The van der Waals surface area contributed by atoms with Gasteiger partial charge in [0.25, 0.3) is 0 Å². The molecule has 4 rings (SSSR count). The summed E-state index contributed by atoms with van der Waals surface area (Å²) in [6.07, 6.45) is 1.77. The lowest BCUT2D eigenvalue weighted by Crippen LogP contribution is -2.40. The van der Waals surface area contributed by atoms with Gasteiger partial charge in [0.1, 0.15) is 0 Å². The number of aromatic nitrogens is 2.